The number of halogens is 4. The first kappa shape index (κ1) is 11.8. The SMILES string of the molecule is O=C(O)C(F)(F)Oc1cc(Br)ccc1F. The van der Waals surface area contributed by atoms with E-state index in [-0.39, 0.29) is 0 Å². The number of ether oxygens (including phenoxy) is 1. The van der Waals surface area contributed by atoms with E-state index in [2.05, 4.69) is 20.7 Å². The Morgan fingerprint density at radius 2 is 2.07 bits per heavy atom. The second kappa shape index (κ2) is 4.09. The molecule has 7 heteroatoms. The summed E-state index contributed by atoms with van der Waals surface area (Å²) in [6, 6.07) is 3.05. The first-order valence-corrected chi connectivity index (χ1v) is 4.37. The van der Waals surface area contributed by atoms with Crippen LogP contribution >= 0.6 is 15.9 Å². The molecule has 0 aliphatic heterocycles. The molecule has 0 amide bonds. The van der Waals surface area contributed by atoms with E-state index in [0.717, 1.165) is 12.1 Å². The number of alkyl halides is 2. The fraction of sp³-hybridized carbons (Fsp3) is 0.125. The van der Waals surface area contributed by atoms with Crippen LogP contribution in [0.5, 0.6) is 5.75 Å². The molecule has 82 valence electrons. The zero-order chi connectivity index (χ0) is 11.6. The summed E-state index contributed by atoms with van der Waals surface area (Å²) in [5, 5.41) is 8.05. The van der Waals surface area contributed by atoms with E-state index >= 15 is 0 Å². The largest absolute Gasteiger partial charge is 0.502 e. The molecule has 0 radical (unpaired) electrons. The maximum absolute atomic E-state index is 12.9. The molecule has 0 unspecified atom stereocenters. The quantitative estimate of drug-likeness (QED) is 0.928. The van der Waals surface area contributed by atoms with Gasteiger partial charge in [0, 0.05) is 4.47 Å². The van der Waals surface area contributed by atoms with E-state index in [9.17, 15) is 18.0 Å². The second-order valence-electron chi connectivity index (χ2n) is 2.50. The molecule has 0 bridgehead atoms. The molecule has 0 atom stereocenters. The molecule has 0 heterocycles. The Kier molecular flexibility index (Phi) is 3.23. The highest BCUT2D eigenvalue weighted by molar-refractivity contribution is 9.10. The van der Waals surface area contributed by atoms with Crippen molar-refractivity contribution in [3.05, 3.63) is 28.5 Å². The van der Waals surface area contributed by atoms with Crippen LogP contribution in [-0.2, 0) is 4.79 Å². The van der Waals surface area contributed by atoms with Gasteiger partial charge in [-0.2, -0.15) is 8.78 Å². The molecule has 0 saturated heterocycles. The van der Waals surface area contributed by atoms with Crippen LogP contribution in [0.15, 0.2) is 22.7 Å². The van der Waals surface area contributed by atoms with Crippen molar-refractivity contribution >= 4 is 21.9 Å². The molecule has 0 aliphatic rings. The molecular weight excluding hydrogens is 281 g/mol. The number of hydrogen-bond donors (Lipinski definition) is 1. The Balaban J connectivity index is 2.99. The highest BCUT2D eigenvalue weighted by Gasteiger charge is 2.43. The average Bonchev–Trinajstić information content (AvgIpc) is 2.10. The number of hydrogen-bond acceptors (Lipinski definition) is 2. The number of carboxylic acid groups (broad SMARTS) is 1. The molecule has 0 spiro atoms. The third-order valence-corrected chi connectivity index (χ3v) is 1.87. The van der Waals surface area contributed by atoms with Gasteiger partial charge in [0.1, 0.15) is 0 Å². The Hall–Kier alpha value is -1.24. The summed E-state index contributed by atoms with van der Waals surface area (Å²) in [6.07, 6.45) is -4.46. The first-order chi connectivity index (χ1) is 6.83. The van der Waals surface area contributed by atoms with Gasteiger partial charge in [-0.05, 0) is 18.2 Å². The molecule has 1 rings (SSSR count). The van der Waals surface area contributed by atoms with Gasteiger partial charge in [-0.1, -0.05) is 15.9 Å². The summed E-state index contributed by atoms with van der Waals surface area (Å²) in [7, 11) is 0. The standard InChI is InChI=1S/C8H4BrF3O3/c9-4-1-2-5(10)6(3-4)15-8(11,12)7(13)14/h1-3H,(H,13,14). The van der Waals surface area contributed by atoms with Gasteiger partial charge < -0.3 is 9.84 Å². The molecule has 0 saturated carbocycles. The van der Waals surface area contributed by atoms with Gasteiger partial charge >= 0.3 is 12.1 Å². The Bertz CT molecular complexity index is 395. The van der Waals surface area contributed by atoms with Crippen LogP contribution in [0.4, 0.5) is 13.2 Å². The number of benzene rings is 1. The number of rotatable bonds is 3. The molecule has 1 aromatic carbocycles. The lowest BCUT2D eigenvalue weighted by Gasteiger charge is -2.13. The normalized spacial score (nSPS) is 11.2. The molecule has 0 aliphatic carbocycles. The Morgan fingerprint density at radius 1 is 1.47 bits per heavy atom. The summed E-state index contributed by atoms with van der Waals surface area (Å²) < 4.78 is 42.0. The van der Waals surface area contributed by atoms with E-state index in [4.69, 9.17) is 5.11 Å². The van der Waals surface area contributed by atoms with Crippen molar-refractivity contribution in [3.63, 3.8) is 0 Å². The van der Waals surface area contributed by atoms with Crippen molar-refractivity contribution < 1.29 is 27.8 Å². The fourth-order valence-corrected chi connectivity index (χ4v) is 1.08. The number of aliphatic carboxylic acids is 1. The summed E-state index contributed by atoms with van der Waals surface area (Å²) in [5.41, 5.74) is 0. The number of carboxylic acids is 1. The molecule has 3 nitrogen and oxygen atoms in total. The van der Waals surface area contributed by atoms with Crippen molar-refractivity contribution in [2.45, 2.75) is 6.11 Å². The predicted molar refractivity (Wildman–Crippen MR) is 47.3 cm³/mol. The fourth-order valence-electron chi connectivity index (χ4n) is 0.737. The van der Waals surface area contributed by atoms with Gasteiger partial charge in [0.05, 0.1) is 0 Å². The van der Waals surface area contributed by atoms with Crippen molar-refractivity contribution in [3.8, 4) is 5.75 Å². The van der Waals surface area contributed by atoms with E-state index in [1.807, 2.05) is 0 Å². The molecule has 1 N–H and O–H groups in total. The number of carbonyl (C=O) groups is 1. The molecule has 1 aromatic rings. The highest BCUT2D eigenvalue weighted by atomic mass is 79.9. The van der Waals surface area contributed by atoms with Crippen LogP contribution in [0.1, 0.15) is 0 Å². The molecule has 15 heavy (non-hydrogen) atoms. The third kappa shape index (κ3) is 2.85. The monoisotopic (exact) mass is 284 g/mol. The van der Waals surface area contributed by atoms with Crippen LogP contribution in [0.2, 0.25) is 0 Å². The van der Waals surface area contributed by atoms with Gasteiger partial charge in [-0.25, -0.2) is 9.18 Å². The smallest absolute Gasteiger partial charge is 0.474 e. The van der Waals surface area contributed by atoms with Crippen LogP contribution < -0.4 is 4.74 Å². The lowest BCUT2D eigenvalue weighted by atomic mass is 10.3. The van der Waals surface area contributed by atoms with Gasteiger partial charge in [0.25, 0.3) is 0 Å². The van der Waals surface area contributed by atoms with Gasteiger partial charge in [0.15, 0.2) is 11.6 Å². The van der Waals surface area contributed by atoms with E-state index in [1.165, 1.54) is 6.07 Å². The zero-order valence-electron chi connectivity index (χ0n) is 7.01. The van der Waals surface area contributed by atoms with Crippen LogP contribution in [0.25, 0.3) is 0 Å². The van der Waals surface area contributed by atoms with Gasteiger partial charge in [-0.15, -0.1) is 0 Å². The lowest BCUT2D eigenvalue weighted by Crippen LogP contribution is -2.35. The zero-order valence-corrected chi connectivity index (χ0v) is 8.59. The predicted octanol–water partition coefficient (Wildman–Crippen LogP) is 2.64. The minimum atomic E-state index is -4.46. The van der Waals surface area contributed by atoms with Crippen LogP contribution in [0.3, 0.4) is 0 Å². The average molecular weight is 285 g/mol. The topological polar surface area (TPSA) is 46.5 Å². The van der Waals surface area contributed by atoms with Crippen LogP contribution in [-0.4, -0.2) is 17.2 Å². The van der Waals surface area contributed by atoms with Gasteiger partial charge in [-0.3, -0.25) is 0 Å². The van der Waals surface area contributed by atoms with Crippen molar-refractivity contribution in [2.75, 3.05) is 0 Å². The van der Waals surface area contributed by atoms with E-state index in [0.29, 0.717) is 4.47 Å². The molecular formula is C8H4BrF3O3. The van der Waals surface area contributed by atoms with E-state index < -0.39 is 23.6 Å². The van der Waals surface area contributed by atoms with Crippen molar-refractivity contribution in [1.29, 1.82) is 0 Å². The Morgan fingerprint density at radius 3 is 2.60 bits per heavy atom. The second-order valence-corrected chi connectivity index (χ2v) is 3.41. The Labute approximate surface area is 90.6 Å². The molecule has 0 aromatic heterocycles. The molecule has 0 fully saturated rings. The maximum Gasteiger partial charge on any atom is 0.502 e. The lowest BCUT2D eigenvalue weighted by molar-refractivity contribution is -0.211. The van der Waals surface area contributed by atoms with Crippen molar-refractivity contribution in [1.82, 2.24) is 0 Å². The first-order valence-electron chi connectivity index (χ1n) is 3.58. The third-order valence-electron chi connectivity index (χ3n) is 1.38. The van der Waals surface area contributed by atoms with Crippen LogP contribution in [0, 0.1) is 5.82 Å². The van der Waals surface area contributed by atoms with Gasteiger partial charge in [0.2, 0.25) is 0 Å². The van der Waals surface area contributed by atoms with E-state index in [1.54, 1.807) is 0 Å². The summed E-state index contributed by atoms with van der Waals surface area (Å²) >= 11 is 2.90. The summed E-state index contributed by atoms with van der Waals surface area (Å²) in [6.45, 7) is 0. The maximum atomic E-state index is 12.9. The van der Waals surface area contributed by atoms with Crippen molar-refractivity contribution in [2.24, 2.45) is 0 Å². The highest BCUT2D eigenvalue weighted by Crippen LogP contribution is 2.27. The summed E-state index contributed by atoms with van der Waals surface area (Å²) in [4.78, 5) is 10.0. The minimum absolute atomic E-state index is 0.292. The summed E-state index contributed by atoms with van der Waals surface area (Å²) in [5.74, 6) is -4.39. The minimum Gasteiger partial charge on any atom is -0.474 e.